The molecule has 1 nitrogen and oxygen atoms in total. The Morgan fingerprint density at radius 3 is 2.44 bits per heavy atom. The van der Waals surface area contributed by atoms with Gasteiger partial charge < -0.3 is 0 Å². The van der Waals surface area contributed by atoms with Crippen molar-refractivity contribution in [2.24, 2.45) is 0 Å². The van der Waals surface area contributed by atoms with E-state index < -0.39 is 10.8 Å². The molecule has 1 aromatic carbocycles. The van der Waals surface area contributed by atoms with E-state index in [0.717, 1.165) is 24.2 Å². The second kappa shape index (κ2) is 5.33. The molecule has 1 aliphatic carbocycles. The molecule has 16 heavy (non-hydrogen) atoms. The zero-order chi connectivity index (χ0) is 11.5. The van der Waals surface area contributed by atoms with Gasteiger partial charge in [0, 0.05) is 10.3 Å². The molecule has 3 heteroatoms. The fraction of sp³-hybridized carbons (Fsp3) is 0.538. The topological polar surface area (TPSA) is 17.1 Å². The second-order valence-electron chi connectivity index (χ2n) is 4.45. The van der Waals surface area contributed by atoms with E-state index in [-0.39, 0.29) is 10.6 Å². The Hall–Kier alpha value is -0.340. The van der Waals surface area contributed by atoms with Crippen molar-refractivity contribution in [3.8, 4) is 0 Å². The summed E-state index contributed by atoms with van der Waals surface area (Å²) in [6.07, 6.45) is 4.33. The third-order valence-electron chi connectivity index (χ3n) is 3.15. The van der Waals surface area contributed by atoms with Crippen LogP contribution in [0.5, 0.6) is 0 Å². The van der Waals surface area contributed by atoms with Crippen LogP contribution in [-0.4, -0.2) is 14.8 Å². The van der Waals surface area contributed by atoms with Gasteiger partial charge in [0.05, 0.1) is 16.0 Å². The Labute approximate surface area is 105 Å². The number of aryl methyl sites for hydroxylation is 1. The Morgan fingerprint density at radius 2 is 1.81 bits per heavy atom. The van der Waals surface area contributed by atoms with E-state index in [9.17, 15) is 4.21 Å². The van der Waals surface area contributed by atoms with Gasteiger partial charge >= 0.3 is 0 Å². The van der Waals surface area contributed by atoms with Crippen molar-refractivity contribution in [2.75, 3.05) is 0 Å². The van der Waals surface area contributed by atoms with Gasteiger partial charge in [0.2, 0.25) is 0 Å². The highest BCUT2D eigenvalue weighted by atomic mass is 35.5. The van der Waals surface area contributed by atoms with Crippen LogP contribution in [0.15, 0.2) is 29.2 Å². The first kappa shape index (κ1) is 12.1. The zero-order valence-corrected chi connectivity index (χ0v) is 11.1. The summed E-state index contributed by atoms with van der Waals surface area (Å²) in [7, 11) is -0.940. The van der Waals surface area contributed by atoms with Gasteiger partial charge in [-0.3, -0.25) is 4.21 Å². The van der Waals surface area contributed by atoms with Crippen LogP contribution in [0.4, 0.5) is 0 Å². The normalized spacial score (nSPS) is 27.6. The molecule has 0 heterocycles. The summed E-state index contributed by atoms with van der Waals surface area (Å²) in [5.74, 6) is 0. The van der Waals surface area contributed by atoms with E-state index in [1.807, 2.05) is 31.2 Å². The summed E-state index contributed by atoms with van der Waals surface area (Å²) in [6.45, 7) is 2.04. The van der Waals surface area contributed by atoms with Gasteiger partial charge in [0.25, 0.3) is 0 Å². The van der Waals surface area contributed by atoms with Crippen LogP contribution in [-0.2, 0) is 10.8 Å². The molecular weight excluding hydrogens is 240 g/mol. The van der Waals surface area contributed by atoms with E-state index >= 15 is 0 Å². The first-order valence-corrected chi connectivity index (χ1v) is 7.45. The largest absolute Gasteiger partial charge is 0.254 e. The standard InChI is InChI=1S/C13H17ClOS/c1-10-6-8-11(9-7-10)16(15)13-5-3-2-4-12(13)14/h6-9,12-13H,2-5H2,1H3/t12-,13-,16?/m1/s1. The van der Waals surface area contributed by atoms with Gasteiger partial charge in [-0.05, 0) is 31.9 Å². The van der Waals surface area contributed by atoms with Crippen molar-refractivity contribution < 1.29 is 4.21 Å². The van der Waals surface area contributed by atoms with E-state index in [0.29, 0.717) is 0 Å². The third-order valence-corrected chi connectivity index (χ3v) is 5.67. The van der Waals surface area contributed by atoms with Crippen molar-refractivity contribution in [1.29, 1.82) is 0 Å². The van der Waals surface area contributed by atoms with Gasteiger partial charge in [-0.2, -0.15) is 0 Å². The van der Waals surface area contributed by atoms with Crippen LogP contribution in [0.25, 0.3) is 0 Å². The highest BCUT2D eigenvalue weighted by molar-refractivity contribution is 7.85. The van der Waals surface area contributed by atoms with Crippen molar-refractivity contribution in [3.05, 3.63) is 29.8 Å². The van der Waals surface area contributed by atoms with Gasteiger partial charge in [-0.15, -0.1) is 11.6 Å². The van der Waals surface area contributed by atoms with E-state index in [1.165, 1.54) is 12.0 Å². The first-order valence-electron chi connectivity index (χ1n) is 5.80. The van der Waals surface area contributed by atoms with E-state index in [4.69, 9.17) is 11.6 Å². The maximum Gasteiger partial charge on any atom is 0.0575 e. The van der Waals surface area contributed by atoms with E-state index in [1.54, 1.807) is 0 Å². The Morgan fingerprint density at radius 1 is 1.19 bits per heavy atom. The number of hydrogen-bond donors (Lipinski definition) is 0. The molecule has 88 valence electrons. The lowest BCUT2D eigenvalue weighted by Crippen LogP contribution is -2.29. The molecule has 2 rings (SSSR count). The smallest absolute Gasteiger partial charge is 0.0575 e. The SMILES string of the molecule is Cc1ccc(S(=O)[C@@H]2CCCC[C@H]2Cl)cc1. The van der Waals surface area contributed by atoms with Crippen LogP contribution in [0.2, 0.25) is 0 Å². The van der Waals surface area contributed by atoms with Crippen molar-refractivity contribution in [2.45, 2.75) is 48.1 Å². The molecule has 1 aliphatic rings. The molecule has 0 aromatic heterocycles. The molecule has 3 atom stereocenters. The monoisotopic (exact) mass is 256 g/mol. The highest BCUT2D eigenvalue weighted by Gasteiger charge is 2.28. The van der Waals surface area contributed by atoms with Crippen molar-refractivity contribution in [1.82, 2.24) is 0 Å². The van der Waals surface area contributed by atoms with Crippen LogP contribution in [0.1, 0.15) is 31.2 Å². The van der Waals surface area contributed by atoms with Crippen LogP contribution in [0.3, 0.4) is 0 Å². The number of rotatable bonds is 2. The molecule has 0 radical (unpaired) electrons. The fourth-order valence-electron chi connectivity index (χ4n) is 2.14. The van der Waals surface area contributed by atoms with Crippen molar-refractivity contribution in [3.63, 3.8) is 0 Å². The minimum absolute atomic E-state index is 0.0795. The molecule has 0 aliphatic heterocycles. The molecular formula is C13H17ClOS. The second-order valence-corrected chi connectivity index (χ2v) is 6.68. The minimum atomic E-state index is -0.940. The van der Waals surface area contributed by atoms with Gasteiger partial charge in [-0.1, -0.05) is 30.5 Å². The first-order chi connectivity index (χ1) is 7.68. The predicted molar refractivity (Wildman–Crippen MR) is 69.5 cm³/mol. The molecule has 0 spiro atoms. The van der Waals surface area contributed by atoms with Crippen LogP contribution >= 0.6 is 11.6 Å². The molecule has 0 N–H and O–H groups in total. The molecule has 0 saturated heterocycles. The lowest BCUT2D eigenvalue weighted by molar-refractivity contribution is 0.511. The molecule has 1 unspecified atom stereocenters. The lowest BCUT2D eigenvalue weighted by Gasteiger charge is -2.26. The summed E-state index contributed by atoms with van der Waals surface area (Å²) in [4.78, 5) is 0.920. The van der Waals surface area contributed by atoms with Crippen molar-refractivity contribution >= 4 is 22.4 Å². The van der Waals surface area contributed by atoms with Gasteiger partial charge in [0.15, 0.2) is 0 Å². The summed E-state index contributed by atoms with van der Waals surface area (Å²) in [5, 5.41) is 0.217. The average molecular weight is 257 g/mol. The quantitative estimate of drug-likeness (QED) is 0.739. The van der Waals surface area contributed by atoms with Crippen LogP contribution < -0.4 is 0 Å². The number of halogens is 1. The molecule has 1 fully saturated rings. The van der Waals surface area contributed by atoms with Gasteiger partial charge in [0.1, 0.15) is 0 Å². The molecule has 1 saturated carbocycles. The average Bonchev–Trinajstić information content (AvgIpc) is 2.30. The molecule has 0 bridgehead atoms. The Balaban J connectivity index is 2.14. The maximum atomic E-state index is 12.3. The summed E-state index contributed by atoms with van der Waals surface area (Å²) in [6, 6.07) is 7.95. The minimum Gasteiger partial charge on any atom is -0.254 e. The summed E-state index contributed by atoms with van der Waals surface area (Å²) in [5.41, 5.74) is 1.20. The predicted octanol–water partition coefficient (Wildman–Crippen LogP) is 3.65. The Bertz CT molecular complexity index is 374. The number of hydrogen-bond acceptors (Lipinski definition) is 1. The third kappa shape index (κ3) is 2.67. The summed E-state index contributed by atoms with van der Waals surface area (Å²) < 4.78 is 12.3. The number of benzene rings is 1. The van der Waals surface area contributed by atoms with Gasteiger partial charge in [-0.25, -0.2) is 0 Å². The Kier molecular flexibility index (Phi) is 4.04. The maximum absolute atomic E-state index is 12.3. The van der Waals surface area contributed by atoms with Crippen LogP contribution in [0, 0.1) is 6.92 Å². The number of alkyl halides is 1. The van der Waals surface area contributed by atoms with E-state index in [2.05, 4.69) is 0 Å². The molecule has 0 amide bonds. The lowest BCUT2D eigenvalue weighted by atomic mass is 10.00. The molecule has 1 aromatic rings. The summed E-state index contributed by atoms with van der Waals surface area (Å²) >= 11 is 6.27. The fourth-order valence-corrected chi connectivity index (χ4v) is 4.24. The zero-order valence-electron chi connectivity index (χ0n) is 9.49. The highest BCUT2D eigenvalue weighted by Crippen LogP contribution is 2.29.